The first-order valence-electron chi connectivity index (χ1n) is 23.7. The molecule has 0 radical (unpaired) electrons. The summed E-state index contributed by atoms with van der Waals surface area (Å²) in [6, 6.07) is 17.4. The summed E-state index contributed by atoms with van der Waals surface area (Å²) in [7, 11) is 0. The van der Waals surface area contributed by atoms with Crippen molar-refractivity contribution in [1.29, 1.82) is 0 Å². The molecule has 0 saturated heterocycles. The van der Waals surface area contributed by atoms with Crippen molar-refractivity contribution in [2.45, 2.75) is 176 Å². The maximum absolute atomic E-state index is 12.3. The molecule has 6 amide bonds. The van der Waals surface area contributed by atoms with Gasteiger partial charge in [-0.1, -0.05) is 98.8 Å². The quantitative estimate of drug-likeness (QED) is 0.0293. The van der Waals surface area contributed by atoms with Crippen molar-refractivity contribution in [3.05, 3.63) is 71.8 Å². The van der Waals surface area contributed by atoms with E-state index in [-0.39, 0.29) is 55.7 Å². The number of benzene rings is 2. The number of primary amides is 1. The van der Waals surface area contributed by atoms with E-state index in [1.165, 1.54) is 12.0 Å². The lowest BCUT2D eigenvalue weighted by Gasteiger charge is -2.25. The highest BCUT2D eigenvalue weighted by Crippen LogP contribution is 2.14. The molecule has 0 spiro atoms. The van der Waals surface area contributed by atoms with E-state index >= 15 is 0 Å². The van der Waals surface area contributed by atoms with Crippen LogP contribution in [0.4, 0.5) is 4.79 Å². The molecule has 2 aromatic carbocycles. The highest BCUT2D eigenvalue weighted by molar-refractivity contribution is 5.90. The third-order valence-corrected chi connectivity index (χ3v) is 8.61. The van der Waals surface area contributed by atoms with Crippen molar-refractivity contribution >= 4 is 48.1 Å². The molecule has 0 aliphatic heterocycles. The minimum Gasteiger partial charge on any atom is -0.462 e. The smallest absolute Gasteiger partial charge is 0.329 e. The minimum absolute atomic E-state index is 0.0402. The van der Waals surface area contributed by atoms with Crippen molar-refractivity contribution in [2.24, 2.45) is 11.5 Å². The molecule has 2 atom stereocenters. The van der Waals surface area contributed by atoms with Gasteiger partial charge >= 0.3 is 18.0 Å². The fraction of sp³-hybridized carbons (Fsp3) is 0.608. The van der Waals surface area contributed by atoms with Crippen molar-refractivity contribution in [1.82, 2.24) is 26.6 Å². The molecule has 0 aliphatic carbocycles. The van der Waals surface area contributed by atoms with Gasteiger partial charge < -0.3 is 52.3 Å². The van der Waals surface area contributed by atoms with E-state index in [1.54, 1.807) is 41.5 Å². The van der Waals surface area contributed by atoms with Gasteiger partial charge in [-0.25, -0.2) is 9.59 Å². The number of carbonyl (C=O) groups is 8. The van der Waals surface area contributed by atoms with Crippen LogP contribution in [0.2, 0.25) is 0 Å². The van der Waals surface area contributed by atoms with Gasteiger partial charge in [0.15, 0.2) is 0 Å². The number of urea groups is 1. The number of nitrogens with two attached hydrogens (primary N) is 2. The lowest BCUT2D eigenvalue weighted by molar-refractivity contribution is -0.158. The van der Waals surface area contributed by atoms with Crippen LogP contribution in [0, 0.1) is 6.92 Å². The Morgan fingerprint density at radius 2 is 1.22 bits per heavy atom. The number of rotatable bonds is 24. The van der Waals surface area contributed by atoms with E-state index in [0.717, 1.165) is 31.2 Å². The van der Waals surface area contributed by atoms with Crippen LogP contribution < -0.4 is 38.1 Å². The van der Waals surface area contributed by atoms with Gasteiger partial charge in [0.05, 0.1) is 6.54 Å². The molecule has 2 aromatic rings. The third-order valence-electron chi connectivity index (χ3n) is 8.61. The van der Waals surface area contributed by atoms with E-state index in [4.69, 9.17) is 20.9 Å². The molecule has 0 aliphatic rings. The first-order valence-corrected chi connectivity index (χ1v) is 23.7. The molecular formula is C51H85N7O11. The van der Waals surface area contributed by atoms with Crippen LogP contribution in [0.1, 0.15) is 145 Å². The molecule has 9 N–H and O–H groups in total. The van der Waals surface area contributed by atoms with E-state index in [2.05, 4.69) is 57.3 Å². The molecule has 2 rings (SSSR count). The molecule has 0 fully saturated rings. The molecule has 0 aromatic heterocycles. The standard InChI is InChI=1S/C21H34N4O3.C18H33N3O6.C7H8.C5H10O2/c1-2-3-4-5-9-12-19(26)24-16-20(27)25-18(21(28)23-14-13-22)15-17-10-7-6-8-11-17;1-17(2,3)26-14(23)10-9-12(15(24)27-18(4,5)6)21-16(25)20-11-7-8-13(19)22;1-7-5-3-2-4-6-7;1-5(2,3)7-4-6/h6-8,10-11,18H,2-5,9,12-16,22H2,1H3,(H,23,28)(H,24,26)(H,25,27);12H,7-11H2,1-6H3,(H2,19,22)(H2,20,21,25);2-6H,1H3;4H,1-3H3. The number of ether oxygens (including phenoxy) is 3. The Morgan fingerprint density at radius 1 is 0.638 bits per heavy atom. The van der Waals surface area contributed by atoms with E-state index in [9.17, 15) is 38.4 Å². The minimum atomic E-state index is -1.01. The van der Waals surface area contributed by atoms with Gasteiger partial charge in [-0.15, -0.1) is 0 Å². The topological polar surface area (TPSA) is 276 Å². The normalized spacial score (nSPS) is 11.6. The monoisotopic (exact) mass is 972 g/mol. The average molecular weight is 972 g/mol. The summed E-state index contributed by atoms with van der Waals surface area (Å²) < 4.78 is 15.1. The van der Waals surface area contributed by atoms with Gasteiger partial charge in [-0.3, -0.25) is 28.8 Å². The molecule has 0 bridgehead atoms. The van der Waals surface area contributed by atoms with Gasteiger partial charge in [0.25, 0.3) is 6.47 Å². The Morgan fingerprint density at radius 3 is 1.70 bits per heavy atom. The van der Waals surface area contributed by atoms with Gasteiger partial charge in [-0.2, -0.15) is 0 Å². The van der Waals surface area contributed by atoms with E-state index < -0.39 is 47.2 Å². The van der Waals surface area contributed by atoms with Gasteiger partial charge in [0.1, 0.15) is 28.9 Å². The molecule has 0 heterocycles. The van der Waals surface area contributed by atoms with E-state index in [0.29, 0.717) is 38.8 Å². The van der Waals surface area contributed by atoms with Crippen LogP contribution in [0.25, 0.3) is 0 Å². The SMILES string of the molecule is CC(C)(C)OC(=O)CCC(NC(=O)NCCCC(N)=O)C(=O)OC(C)(C)C.CC(C)(C)OC=O.CCCCCCCC(=O)NCC(=O)NC(Cc1ccccc1)C(=O)NCCN.Cc1ccccc1. The highest BCUT2D eigenvalue weighted by atomic mass is 16.6. The maximum atomic E-state index is 12.3. The molecule has 18 heteroatoms. The van der Waals surface area contributed by atoms with E-state index in [1.807, 2.05) is 69.3 Å². The number of carbonyl (C=O) groups excluding carboxylic acids is 8. The van der Waals surface area contributed by atoms with Crippen molar-refractivity contribution in [3.8, 4) is 0 Å². The Labute approximate surface area is 411 Å². The predicted octanol–water partition coefficient (Wildman–Crippen LogP) is 5.60. The maximum Gasteiger partial charge on any atom is 0.329 e. The first kappa shape index (κ1) is 65.0. The number of nitrogens with one attached hydrogen (secondary N) is 5. The van der Waals surface area contributed by atoms with Crippen molar-refractivity contribution in [3.63, 3.8) is 0 Å². The lowest BCUT2D eigenvalue weighted by Crippen LogP contribution is -2.51. The zero-order valence-electron chi connectivity index (χ0n) is 43.3. The summed E-state index contributed by atoms with van der Waals surface area (Å²) in [4.78, 5) is 92.9. The van der Waals surface area contributed by atoms with Crippen LogP contribution in [-0.4, -0.2) is 103 Å². The molecule has 18 nitrogen and oxygen atoms in total. The number of hydrogen-bond acceptors (Lipinski definition) is 12. The summed E-state index contributed by atoms with van der Waals surface area (Å²) >= 11 is 0. The first-order chi connectivity index (χ1) is 32.2. The summed E-state index contributed by atoms with van der Waals surface area (Å²) in [6.45, 7) is 21.3. The second-order valence-corrected chi connectivity index (χ2v) is 19.0. The summed E-state index contributed by atoms with van der Waals surface area (Å²) in [5.41, 5.74) is 11.0. The molecule has 390 valence electrons. The fourth-order valence-electron chi connectivity index (χ4n) is 5.41. The number of aryl methyl sites for hydroxylation is 1. The van der Waals surface area contributed by atoms with Crippen LogP contribution >= 0.6 is 0 Å². The number of hydrogen-bond donors (Lipinski definition) is 7. The second kappa shape index (κ2) is 36.9. The molecule has 69 heavy (non-hydrogen) atoms. The van der Waals surface area contributed by atoms with Crippen molar-refractivity contribution < 1.29 is 52.6 Å². The zero-order valence-corrected chi connectivity index (χ0v) is 43.3. The van der Waals surface area contributed by atoms with Crippen LogP contribution in [0.15, 0.2) is 60.7 Å². The van der Waals surface area contributed by atoms with Crippen LogP contribution in [0.5, 0.6) is 0 Å². The average Bonchev–Trinajstić information content (AvgIpc) is 3.24. The Balaban J connectivity index is 0. The van der Waals surface area contributed by atoms with Gasteiger partial charge in [-0.05, 0) is 94.1 Å². The third kappa shape index (κ3) is 43.0. The fourth-order valence-corrected chi connectivity index (χ4v) is 5.41. The Kier molecular flexibility index (Phi) is 34.8. The summed E-state index contributed by atoms with van der Waals surface area (Å²) in [5, 5.41) is 13.1. The molecular weight excluding hydrogens is 887 g/mol. The van der Waals surface area contributed by atoms with Crippen LogP contribution in [-0.2, 0) is 54.2 Å². The second-order valence-electron chi connectivity index (χ2n) is 19.0. The molecule has 0 saturated carbocycles. The van der Waals surface area contributed by atoms with Gasteiger partial charge in [0.2, 0.25) is 23.6 Å². The zero-order chi connectivity index (χ0) is 52.9. The Hall–Kier alpha value is -6.04. The largest absolute Gasteiger partial charge is 0.462 e. The summed E-state index contributed by atoms with van der Waals surface area (Å²) in [6.07, 6.45) is 6.63. The number of amides is 6. The van der Waals surface area contributed by atoms with Crippen LogP contribution in [0.3, 0.4) is 0 Å². The number of unbranched alkanes of at least 4 members (excludes halogenated alkanes) is 4. The Bertz CT molecular complexity index is 1780. The number of esters is 2. The van der Waals surface area contributed by atoms with Crippen molar-refractivity contribution in [2.75, 3.05) is 26.2 Å². The molecule has 2 unspecified atom stereocenters. The highest BCUT2D eigenvalue weighted by Gasteiger charge is 2.28. The predicted molar refractivity (Wildman–Crippen MR) is 268 cm³/mol. The van der Waals surface area contributed by atoms with Gasteiger partial charge in [0, 0.05) is 45.3 Å². The summed E-state index contributed by atoms with van der Waals surface area (Å²) in [5.74, 6) is -2.38. The lowest BCUT2D eigenvalue weighted by atomic mass is 10.1.